The summed E-state index contributed by atoms with van der Waals surface area (Å²) < 4.78 is 0. The molecule has 0 saturated carbocycles. The number of nitrogens with zero attached hydrogens (tertiary/aromatic N) is 5. The highest BCUT2D eigenvalue weighted by atomic mass is 16.4. The van der Waals surface area contributed by atoms with Crippen LogP contribution in [0.5, 0.6) is 0 Å². The number of amides is 13. The first-order valence-electron chi connectivity index (χ1n) is 40.4. The molecule has 13 amide bonds. The molecule has 0 bridgehead atoms. The molecule has 20 N–H and O–H groups in total. The number of carboxylic acids is 3. The van der Waals surface area contributed by atoms with Gasteiger partial charge in [0.25, 0.3) is 5.91 Å². The van der Waals surface area contributed by atoms with Gasteiger partial charge in [-0.1, -0.05) is 112 Å². The summed E-state index contributed by atoms with van der Waals surface area (Å²) in [6.45, 7) is 5.42. The Morgan fingerprint density at radius 1 is 0.475 bits per heavy atom. The molecule has 1 aliphatic heterocycles. The number of primary amides is 2. The molecular weight excluding hydrogens is 1580 g/mol. The zero-order valence-electron chi connectivity index (χ0n) is 68.8. The number of aromatic amines is 2. The molecule has 122 heavy (non-hydrogen) atoms. The van der Waals surface area contributed by atoms with Gasteiger partial charge in [-0.15, -0.1) is 0 Å². The number of nitrogens with two attached hydrogens (primary N) is 2. The molecule has 1 aliphatic rings. The first-order chi connectivity index (χ1) is 58.3. The quantitative estimate of drug-likeness (QED) is 0.0202. The van der Waals surface area contributed by atoms with Gasteiger partial charge >= 0.3 is 17.9 Å². The minimum Gasteiger partial charge on any atom is -0.480 e. The number of aromatic nitrogens is 3. The molecule has 39 nitrogen and oxygen atoms in total. The van der Waals surface area contributed by atoms with Crippen LogP contribution in [0.15, 0.2) is 128 Å². The summed E-state index contributed by atoms with van der Waals surface area (Å²) in [7, 11) is 0. The number of unbranched alkanes of at least 4 members (excludes halogenated alkanes) is 1. The summed E-state index contributed by atoms with van der Waals surface area (Å²) in [6.07, 6.45) is 4.88. The van der Waals surface area contributed by atoms with E-state index in [9.17, 15) is 92.0 Å². The van der Waals surface area contributed by atoms with Gasteiger partial charge in [0.2, 0.25) is 70.9 Å². The van der Waals surface area contributed by atoms with Crippen LogP contribution in [-0.2, 0) is 97.6 Å². The van der Waals surface area contributed by atoms with E-state index >= 15 is 0 Å². The number of rotatable bonds is 47. The molecule has 1 fully saturated rings. The third-order valence-corrected chi connectivity index (χ3v) is 20.2. The van der Waals surface area contributed by atoms with Crippen LogP contribution in [0.25, 0.3) is 10.9 Å². The third-order valence-electron chi connectivity index (χ3n) is 20.2. The predicted octanol–water partition coefficient (Wildman–Crippen LogP) is -1.75. The van der Waals surface area contributed by atoms with E-state index in [1.54, 1.807) is 125 Å². The van der Waals surface area contributed by atoms with Crippen molar-refractivity contribution in [1.29, 1.82) is 0 Å². The molecule has 0 aliphatic carbocycles. The number of hydrogen-bond donors (Lipinski definition) is 18. The maximum absolute atomic E-state index is 14.7. The van der Waals surface area contributed by atoms with Crippen molar-refractivity contribution in [3.63, 3.8) is 0 Å². The molecule has 1 saturated heterocycles. The van der Waals surface area contributed by atoms with Gasteiger partial charge in [0.05, 0.1) is 50.7 Å². The topological polar surface area (TPSA) is 576 Å². The molecule has 8 atom stereocenters. The van der Waals surface area contributed by atoms with Crippen LogP contribution in [0.1, 0.15) is 99.0 Å². The summed E-state index contributed by atoms with van der Waals surface area (Å²) in [4.78, 5) is 231. The van der Waals surface area contributed by atoms with E-state index in [0.717, 1.165) is 6.42 Å². The van der Waals surface area contributed by atoms with Crippen molar-refractivity contribution in [3.8, 4) is 0 Å². The Morgan fingerprint density at radius 2 is 0.992 bits per heavy atom. The van der Waals surface area contributed by atoms with E-state index in [0.29, 0.717) is 39.7 Å². The van der Waals surface area contributed by atoms with Crippen molar-refractivity contribution in [3.05, 3.63) is 156 Å². The van der Waals surface area contributed by atoms with Crippen molar-refractivity contribution < 1.29 is 92.0 Å². The van der Waals surface area contributed by atoms with Crippen LogP contribution in [0, 0.1) is 11.8 Å². The number of carbonyl (C=O) groups is 16. The largest absolute Gasteiger partial charge is 0.480 e. The normalized spacial score (nSPS) is 15.1. The molecule has 3 heterocycles. The van der Waals surface area contributed by atoms with E-state index in [-0.39, 0.29) is 148 Å². The standard InChI is InChI=1S/C83H112N20O19/c1-5-6-20-62(75(85)114)95-81(120)64(39-54-17-11-8-12-18-54)98-82(121)66(41-59-44-86-50-91-59)94-68(105)28-29-87-83(122)74(51(2)3)99-76(115)52(4)92-80(119)65(40-57-43-88-61-21-14-13-19-60(57)61)97-78(117)56(24-27-67(84)104)42-90-79(118)63(38-53-15-9-7-10-16-53)96-77(116)55-22-25-58(26-23-55)93-69(106)45-89-70(107)46-100-30-32-101(47-71(108)109)34-36-103(49-73(112)113)37-35-102(33-31-100)48-72(110)111/h7-19,21-23,25-26,43-44,50-52,56,62-66,74,88H,5-6,20,24,27-42,45-49H2,1-4H3,(H2,84,104)(H2,85,114)(H,86,91)(H,87,122)(H,89,107)(H,90,118)(H,92,119)(H,93,106)(H,94,105)(H,95,120)(H,96,116)(H,97,117)(H,98,121)(H,99,115)(H,108,109)(H,110,111)(H,112,113)/t52?,56?,62-,63?,64?,65?,66-,74?/m1/s1. The zero-order chi connectivity index (χ0) is 88.8. The Hall–Kier alpha value is -13.0. The molecule has 7 rings (SSSR count). The first kappa shape index (κ1) is 96.1. The van der Waals surface area contributed by atoms with Gasteiger partial charge in [0, 0.05) is 139 Å². The number of fused-ring (bicyclic) bond motifs is 1. The van der Waals surface area contributed by atoms with Gasteiger partial charge in [-0.25, -0.2) is 4.98 Å². The third kappa shape index (κ3) is 33.7. The fourth-order valence-corrected chi connectivity index (χ4v) is 13.4. The van der Waals surface area contributed by atoms with Gasteiger partial charge in [0.1, 0.15) is 42.3 Å². The zero-order valence-corrected chi connectivity index (χ0v) is 68.8. The van der Waals surface area contributed by atoms with Gasteiger partial charge in [-0.05, 0) is 72.7 Å². The van der Waals surface area contributed by atoms with Crippen LogP contribution >= 0.6 is 0 Å². The first-order valence-corrected chi connectivity index (χ1v) is 40.4. The maximum Gasteiger partial charge on any atom is 0.317 e. The average Bonchev–Trinajstić information content (AvgIpc) is 1.64. The van der Waals surface area contributed by atoms with E-state index in [2.05, 4.69) is 73.4 Å². The minimum atomic E-state index is -1.44. The highest BCUT2D eigenvalue weighted by Crippen LogP contribution is 2.21. The van der Waals surface area contributed by atoms with Crippen LogP contribution in [0.3, 0.4) is 0 Å². The van der Waals surface area contributed by atoms with Crippen molar-refractivity contribution in [2.45, 2.75) is 134 Å². The molecule has 6 aromatic rings. The Bertz CT molecular complexity index is 4500. The molecule has 39 heteroatoms. The molecular formula is C83H112N20O19. The number of aliphatic carboxylic acids is 3. The monoisotopic (exact) mass is 1690 g/mol. The fraction of sp³-hybridized carbons (Fsp3) is 0.458. The van der Waals surface area contributed by atoms with Crippen LogP contribution in [0.2, 0.25) is 0 Å². The number of carbonyl (C=O) groups excluding carboxylic acids is 13. The highest BCUT2D eigenvalue weighted by Gasteiger charge is 2.35. The minimum absolute atomic E-state index is 0.0141. The lowest BCUT2D eigenvalue weighted by atomic mass is 9.98. The van der Waals surface area contributed by atoms with E-state index in [1.807, 2.05) is 6.92 Å². The Morgan fingerprint density at radius 3 is 1.52 bits per heavy atom. The molecule has 2 aromatic heterocycles. The summed E-state index contributed by atoms with van der Waals surface area (Å²) in [5.41, 5.74) is 14.5. The molecule has 6 unspecified atom stereocenters. The second kappa shape index (κ2) is 49.5. The van der Waals surface area contributed by atoms with Gasteiger partial charge in [0.15, 0.2) is 0 Å². The molecule has 0 spiro atoms. The molecule has 4 aromatic carbocycles. The molecule has 658 valence electrons. The second-order valence-electron chi connectivity index (χ2n) is 30.2. The number of imidazole rings is 1. The average molecular weight is 1690 g/mol. The van der Waals surface area contributed by atoms with Crippen LogP contribution < -0.4 is 70.0 Å². The lowest BCUT2D eigenvalue weighted by Crippen LogP contribution is -2.58. The van der Waals surface area contributed by atoms with E-state index < -0.39 is 162 Å². The number of para-hydroxylation sites is 1. The second-order valence-corrected chi connectivity index (χ2v) is 30.2. The summed E-state index contributed by atoms with van der Waals surface area (Å²) >= 11 is 0. The van der Waals surface area contributed by atoms with E-state index in [1.165, 1.54) is 43.7 Å². The van der Waals surface area contributed by atoms with Gasteiger partial charge in [-0.3, -0.25) is 96.3 Å². The number of carboxylic acid groups (broad SMARTS) is 3. The van der Waals surface area contributed by atoms with Crippen molar-refractivity contribution >= 4 is 111 Å². The Kier molecular flexibility index (Phi) is 39.0. The van der Waals surface area contributed by atoms with Crippen LogP contribution in [-0.4, -0.2) is 285 Å². The fourth-order valence-electron chi connectivity index (χ4n) is 13.4. The molecule has 0 radical (unpaired) electrons. The maximum atomic E-state index is 14.7. The lowest BCUT2D eigenvalue weighted by Gasteiger charge is -2.32. The van der Waals surface area contributed by atoms with Gasteiger partial charge in [-0.2, -0.15) is 0 Å². The number of nitrogens with one attached hydrogen (secondary N) is 13. The predicted molar refractivity (Wildman–Crippen MR) is 446 cm³/mol. The number of hydrogen-bond acceptors (Lipinski definition) is 21. The van der Waals surface area contributed by atoms with Gasteiger partial charge < -0.3 is 95.2 Å². The number of anilines is 1. The SMILES string of the molecule is CCCC[C@@H](NC(=O)C(Cc1ccccc1)NC(=O)[C@@H](Cc1c[nH]cn1)NC(=O)CCNC(=O)C(NC(=O)C(C)NC(=O)C(Cc1c[nH]c2ccccc12)NC(=O)C(CCC(N)=O)CNC(=O)C(Cc1ccccc1)NC(=O)c1ccc(NC(=O)CNC(=O)CN2CCN(CC(=O)O)CCN(CC(=O)O)CCN(CC(=O)O)CC2)cc1)C(C)C)C(N)=O. The summed E-state index contributed by atoms with van der Waals surface area (Å²) in [6, 6.07) is 21.4. The number of benzene rings is 4. The Labute approximate surface area is 704 Å². The number of H-pyrrole nitrogens is 2. The van der Waals surface area contributed by atoms with E-state index in [4.69, 9.17) is 11.5 Å². The smallest absolute Gasteiger partial charge is 0.317 e. The summed E-state index contributed by atoms with van der Waals surface area (Å²) in [5, 5.41) is 58.9. The van der Waals surface area contributed by atoms with Crippen LogP contribution in [0.4, 0.5) is 5.69 Å². The Balaban J connectivity index is 0.962. The van der Waals surface area contributed by atoms with Crippen molar-refractivity contribution in [2.24, 2.45) is 23.3 Å². The van der Waals surface area contributed by atoms with Crippen molar-refractivity contribution in [1.82, 2.24) is 87.7 Å². The highest BCUT2D eigenvalue weighted by molar-refractivity contribution is 6.00. The summed E-state index contributed by atoms with van der Waals surface area (Å²) in [5.74, 6) is -14.7. The van der Waals surface area contributed by atoms with Crippen molar-refractivity contribution in [2.75, 3.05) is 103 Å². The lowest BCUT2D eigenvalue weighted by molar-refractivity contribution is -0.140.